The van der Waals surface area contributed by atoms with Gasteiger partial charge in [0.15, 0.2) is 5.75 Å². The minimum Gasteiger partial charge on any atom is -0.430 e. The van der Waals surface area contributed by atoms with Gasteiger partial charge < -0.3 is 9.47 Å². The largest absolute Gasteiger partial charge is 0.514 e. The van der Waals surface area contributed by atoms with Gasteiger partial charge in [0, 0.05) is 6.42 Å². The molecule has 7 unspecified atom stereocenters. The molecule has 1 aromatic carbocycles. The lowest BCUT2D eigenvalue weighted by atomic mass is 9.47. The highest BCUT2D eigenvalue weighted by Crippen LogP contribution is 2.66. The fourth-order valence-corrected chi connectivity index (χ4v) is 9.43. The Balaban J connectivity index is 1.18. The van der Waals surface area contributed by atoms with Crippen molar-refractivity contribution in [2.75, 3.05) is 0 Å². The molecule has 5 rings (SSSR count). The summed E-state index contributed by atoms with van der Waals surface area (Å²) in [5.74, 6) is 3.80. The van der Waals surface area contributed by atoms with Crippen molar-refractivity contribution in [3.8, 4) is 5.75 Å². The van der Waals surface area contributed by atoms with Crippen molar-refractivity contribution >= 4 is 17.8 Å². The number of ether oxygens (including phenoxy) is 2. The van der Waals surface area contributed by atoms with Crippen molar-refractivity contribution in [3.05, 3.63) is 40.9 Å². The van der Waals surface area contributed by atoms with Gasteiger partial charge in [0.2, 0.25) is 0 Å². The van der Waals surface area contributed by atoms with Crippen LogP contribution in [0.1, 0.15) is 117 Å². The first kappa shape index (κ1) is 28.1. The van der Waals surface area contributed by atoms with Crippen LogP contribution in [0.5, 0.6) is 5.75 Å². The Hall–Kier alpha value is -1.48. The maximum Gasteiger partial charge on any atom is 0.514 e. The summed E-state index contributed by atoms with van der Waals surface area (Å²) in [6.45, 7) is 7.50. The summed E-state index contributed by atoms with van der Waals surface area (Å²) in [5, 5.41) is 0.423. The SMILES string of the molecule is CCCCCCCCC1CCC2C3CC=C4CC(OC(=O)Oc5ccccc5Cl)CCC4(C)C3CCC12C. The van der Waals surface area contributed by atoms with Crippen LogP contribution < -0.4 is 4.74 Å². The molecule has 0 bridgehead atoms. The number of para-hydroxylation sites is 1. The summed E-state index contributed by atoms with van der Waals surface area (Å²) >= 11 is 6.15. The number of allylic oxidation sites excluding steroid dienone is 1. The van der Waals surface area contributed by atoms with E-state index >= 15 is 0 Å². The molecule has 210 valence electrons. The Morgan fingerprint density at radius 3 is 2.58 bits per heavy atom. The molecule has 0 N–H and O–H groups in total. The highest BCUT2D eigenvalue weighted by Gasteiger charge is 2.58. The normalized spacial score (nSPS) is 36.0. The lowest BCUT2D eigenvalue weighted by molar-refractivity contribution is -0.0538. The maximum atomic E-state index is 12.5. The van der Waals surface area contributed by atoms with E-state index in [-0.39, 0.29) is 11.5 Å². The van der Waals surface area contributed by atoms with Crippen molar-refractivity contribution in [2.45, 2.75) is 123 Å². The summed E-state index contributed by atoms with van der Waals surface area (Å²) in [7, 11) is 0. The van der Waals surface area contributed by atoms with E-state index in [9.17, 15) is 4.79 Å². The Kier molecular flexibility index (Phi) is 8.82. The van der Waals surface area contributed by atoms with Gasteiger partial charge in [-0.1, -0.05) is 94.7 Å². The summed E-state index contributed by atoms with van der Waals surface area (Å²) in [6, 6.07) is 7.04. The highest BCUT2D eigenvalue weighted by molar-refractivity contribution is 6.32. The Morgan fingerprint density at radius 2 is 1.76 bits per heavy atom. The lowest BCUT2D eigenvalue weighted by Gasteiger charge is -2.58. The highest BCUT2D eigenvalue weighted by atomic mass is 35.5. The second-order valence-electron chi connectivity index (χ2n) is 13.4. The number of rotatable bonds is 9. The van der Waals surface area contributed by atoms with Crippen molar-refractivity contribution in [1.29, 1.82) is 0 Å². The van der Waals surface area contributed by atoms with E-state index < -0.39 is 6.16 Å². The second kappa shape index (κ2) is 11.9. The molecule has 7 atom stereocenters. The van der Waals surface area contributed by atoms with Crippen LogP contribution in [0.4, 0.5) is 4.79 Å². The van der Waals surface area contributed by atoms with E-state index in [2.05, 4.69) is 26.8 Å². The first-order valence-corrected chi connectivity index (χ1v) is 16.1. The minimum absolute atomic E-state index is 0.108. The molecular formula is C34H49ClO3. The van der Waals surface area contributed by atoms with Crippen LogP contribution in [0.3, 0.4) is 0 Å². The van der Waals surface area contributed by atoms with Crippen molar-refractivity contribution < 1.29 is 14.3 Å². The summed E-state index contributed by atoms with van der Waals surface area (Å²) < 4.78 is 11.2. The standard InChI is InChI=1S/C34H49ClO3/c1-4-5-6-7-8-9-12-24-16-18-28-27-17-15-25-23-26(37-32(36)38-31-14-11-10-13-30(31)35)19-21-34(25,3)29(27)20-22-33(24,28)2/h10-11,13-15,24,26-29H,4-9,12,16-23H2,1-3H3. The Bertz CT molecular complexity index is 1000. The Labute approximate surface area is 236 Å². The number of fused-ring (bicyclic) bond motifs is 5. The summed E-state index contributed by atoms with van der Waals surface area (Å²) in [5.41, 5.74) is 2.34. The zero-order valence-electron chi connectivity index (χ0n) is 24.0. The van der Waals surface area contributed by atoms with Gasteiger partial charge in [0.1, 0.15) is 6.10 Å². The number of unbranched alkanes of at least 4 members (excludes halogenated alkanes) is 5. The van der Waals surface area contributed by atoms with Gasteiger partial charge in [-0.2, -0.15) is 0 Å². The maximum absolute atomic E-state index is 12.5. The smallest absolute Gasteiger partial charge is 0.430 e. The van der Waals surface area contributed by atoms with Crippen LogP contribution in [-0.4, -0.2) is 12.3 Å². The van der Waals surface area contributed by atoms with E-state index in [0.717, 1.165) is 42.9 Å². The zero-order chi connectivity index (χ0) is 26.8. The molecule has 0 aromatic heterocycles. The van der Waals surface area contributed by atoms with Gasteiger partial charge in [-0.05, 0) is 98.0 Å². The predicted octanol–water partition coefficient (Wildman–Crippen LogP) is 10.6. The average molecular weight is 541 g/mol. The van der Waals surface area contributed by atoms with Gasteiger partial charge in [0.25, 0.3) is 0 Å². The van der Waals surface area contributed by atoms with Gasteiger partial charge in [-0.15, -0.1) is 0 Å². The van der Waals surface area contributed by atoms with Gasteiger partial charge in [-0.25, -0.2) is 4.79 Å². The van der Waals surface area contributed by atoms with Gasteiger partial charge >= 0.3 is 6.16 Å². The zero-order valence-corrected chi connectivity index (χ0v) is 24.7. The molecule has 3 fully saturated rings. The number of carbonyl (C=O) groups is 1. The summed E-state index contributed by atoms with van der Waals surface area (Å²) in [6.07, 6.45) is 21.5. The third-order valence-electron chi connectivity index (χ3n) is 11.5. The molecule has 4 aliphatic carbocycles. The van der Waals surface area contributed by atoms with Crippen molar-refractivity contribution in [2.24, 2.45) is 34.5 Å². The number of hydrogen-bond donors (Lipinski definition) is 0. The number of benzene rings is 1. The molecule has 4 aliphatic rings. The second-order valence-corrected chi connectivity index (χ2v) is 13.8. The third kappa shape index (κ3) is 5.56. The number of hydrogen-bond acceptors (Lipinski definition) is 3. The molecule has 0 heterocycles. The molecule has 4 heteroatoms. The molecule has 3 saturated carbocycles. The molecule has 0 radical (unpaired) electrons. The molecule has 3 nitrogen and oxygen atoms in total. The van der Waals surface area contributed by atoms with E-state index in [1.165, 1.54) is 82.6 Å². The van der Waals surface area contributed by atoms with Crippen LogP contribution in [0.2, 0.25) is 5.02 Å². The molecular weight excluding hydrogens is 492 g/mol. The van der Waals surface area contributed by atoms with Crippen LogP contribution >= 0.6 is 11.6 Å². The summed E-state index contributed by atoms with van der Waals surface area (Å²) in [4.78, 5) is 12.5. The number of carbonyl (C=O) groups excluding carboxylic acids is 1. The fraction of sp³-hybridized carbons (Fsp3) is 0.735. The first-order valence-electron chi connectivity index (χ1n) is 15.7. The number of halogens is 1. The topological polar surface area (TPSA) is 35.5 Å². The van der Waals surface area contributed by atoms with Crippen LogP contribution in [0, 0.1) is 34.5 Å². The molecule has 0 saturated heterocycles. The monoisotopic (exact) mass is 540 g/mol. The lowest BCUT2D eigenvalue weighted by Crippen LogP contribution is -2.50. The molecule has 0 aliphatic heterocycles. The van der Waals surface area contributed by atoms with Gasteiger partial charge in [0.05, 0.1) is 5.02 Å². The molecule has 38 heavy (non-hydrogen) atoms. The fourth-order valence-electron chi connectivity index (χ4n) is 9.26. The van der Waals surface area contributed by atoms with Gasteiger partial charge in [-0.3, -0.25) is 0 Å². The molecule has 0 spiro atoms. The molecule has 1 aromatic rings. The first-order chi connectivity index (χ1) is 18.3. The van der Waals surface area contributed by atoms with E-state index in [0.29, 0.717) is 16.2 Å². The predicted molar refractivity (Wildman–Crippen MR) is 156 cm³/mol. The quantitative estimate of drug-likeness (QED) is 0.135. The Morgan fingerprint density at radius 1 is 0.974 bits per heavy atom. The van der Waals surface area contributed by atoms with E-state index in [4.69, 9.17) is 21.1 Å². The minimum atomic E-state index is -0.642. The molecule has 0 amide bonds. The van der Waals surface area contributed by atoms with Crippen molar-refractivity contribution in [1.82, 2.24) is 0 Å². The van der Waals surface area contributed by atoms with Crippen LogP contribution in [0.25, 0.3) is 0 Å². The van der Waals surface area contributed by atoms with Crippen molar-refractivity contribution in [3.63, 3.8) is 0 Å². The van der Waals surface area contributed by atoms with E-state index in [1.807, 2.05) is 6.07 Å². The van der Waals surface area contributed by atoms with E-state index in [1.54, 1.807) is 18.2 Å². The van der Waals surface area contributed by atoms with Crippen LogP contribution in [0.15, 0.2) is 35.9 Å². The van der Waals surface area contributed by atoms with Crippen LogP contribution in [-0.2, 0) is 4.74 Å². The average Bonchev–Trinajstić information content (AvgIpc) is 3.24. The third-order valence-corrected chi connectivity index (χ3v) is 11.8.